The largest absolute Gasteiger partial charge is 0.497 e. The topological polar surface area (TPSA) is 50.8 Å². The predicted molar refractivity (Wildman–Crippen MR) is 102 cm³/mol. The molecular formula is C21H22N2O3. The lowest BCUT2D eigenvalue weighted by atomic mass is 10.00. The van der Waals surface area contributed by atoms with Gasteiger partial charge in [0.05, 0.1) is 12.7 Å². The molecule has 4 rings (SSSR count). The van der Waals surface area contributed by atoms with Gasteiger partial charge in [0.25, 0.3) is 5.91 Å². The molecule has 1 N–H and O–H groups in total. The molecule has 134 valence electrons. The van der Waals surface area contributed by atoms with E-state index in [2.05, 4.69) is 18.3 Å². The molecule has 2 aromatic rings. The van der Waals surface area contributed by atoms with Crippen molar-refractivity contribution in [2.45, 2.75) is 19.5 Å². The molecule has 0 radical (unpaired) electrons. The Kier molecular flexibility index (Phi) is 4.29. The van der Waals surface area contributed by atoms with E-state index in [1.807, 2.05) is 47.4 Å². The first-order valence-corrected chi connectivity index (χ1v) is 8.89. The number of amides is 1. The first-order valence-electron chi connectivity index (χ1n) is 8.89. The van der Waals surface area contributed by atoms with Crippen LogP contribution in [0, 0.1) is 0 Å². The Hall–Kier alpha value is -2.95. The second kappa shape index (κ2) is 6.75. The fourth-order valence-electron chi connectivity index (χ4n) is 3.50. The van der Waals surface area contributed by atoms with Crippen molar-refractivity contribution in [1.29, 1.82) is 0 Å². The zero-order chi connectivity index (χ0) is 18.1. The van der Waals surface area contributed by atoms with Gasteiger partial charge in [-0.05, 0) is 36.8 Å². The second-order valence-electron chi connectivity index (χ2n) is 6.50. The number of rotatable bonds is 4. The smallest absolute Gasteiger partial charge is 0.257 e. The highest BCUT2D eigenvalue weighted by Gasteiger charge is 2.34. The number of anilines is 1. The molecule has 2 aromatic carbocycles. The summed E-state index contributed by atoms with van der Waals surface area (Å²) >= 11 is 0. The predicted octanol–water partition coefficient (Wildman–Crippen LogP) is 3.78. The minimum Gasteiger partial charge on any atom is -0.497 e. The molecule has 0 fully saturated rings. The van der Waals surface area contributed by atoms with Gasteiger partial charge in [-0.15, -0.1) is 0 Å². The van der Waals surface area contributed by atoms with Crippen LogP contribution in [0.1, 0.15) is 29.3 Å². The van der Waals surface area contributed by atoms with Crippen LogP contribution in [0.2, 0.25) is 0 Å². The molecule has 26 heavy (non-hydrogen) atoms. The number of hydrogen-bond donors (Lipinski definition) is 1. The van der Waals surface area contributed by atoms with E-state index in [1.165, 1.54) is 0 Å². The van der Waals surface area contributed by atoms with Gasteiger partial charge in [-0.25, -0.2) is 0 Å². The summed E-state index contributed by atoms with van der Waals surface area (Å²) < 4.78 is 11.2. The Morgan fingerprint density at radius 1 is 1.27 bits per heavy atom. The molecule has 0 saturated heterocycles. The highest BCUT2D eigenvalue weighted by Crippen LogP contribution is 2.34. The fourth-order valence-corrected chi connectivity index (χ4v) is 3.50. The number of benzene rings is 2. The van der Waals surface area contributed by atoms with Crippen LogP contribution in [0.15, 0.2) is 48.0 Å². The normalized spacial score (nSPS) is 18.2. The van der Waals surface area contributed by atoms with Crippen LogP contribution < -0.4 is 14.8 Å². The Labute approximate surface area is 153 Å². The number of hydrogen-bond acceptors (Lipinski definition) is 4. The number of nitrogens with one attached hydrogen (secondary N) is 1. The molecule has 0 unspecified atom stereocenters. The van der Waals surface area contributed by atoms with Crippen molar-refractivity contribution in [3.05, 3.63) is 59.2 Å². The lowest BCUT2D eigenvalue weighted by Crippen LogP contribution is -2.51. The van der Waals surface area contributed by atoms with Gasteiger partial charge < -0.3 is 19.7 Å². The van der Waals surface area contributed by atoms with Crippen LogP contribution in [0.3, 0.4) is 0 Å². The van der Waals surface area contributed by atoms with Crippen molar-refractivity contribution < 1.29 is 14.3 Å². The molecule has 0 aliphatic carbocycles. The highest BCUT2D eigenvalue weighted by atomic mass is 16.5. The van der Waals surface area contributed by atoms with Crippen molar-refractivity contribution >= 4 is 17.7 Å². The summed E-state index contributed by atoms with van der Waals surface area (Å²) in [4.78, 5) is 14.9. The van der Waals surface area contributed by atoms with Crippen LogP contribution in [0.4, 0.5) is 5.69 Å². The molecule has 2 heterocycles. The lowest BCUT2D eigenvalue weighted by Gasteiger charge is -2.39. The number of ether oxygens (including phenoxy) is 2. The minimum absolute atomic E-state index is 0.0626. The fraction of sp³-hybridized carbons (Fsp3) is 0.286. The van der Waals surface area contributed by atoms with Gasteiger partial charge in [0.15, 0.2) is 0 Å². The summed E-state index contributed by atoms with van der Waals surface area (Å²) in [6, 6.07) is 13.5. The van der Waals surface area contributed by atoms with Gasteiger partial charge >= 0.3 is 0 Å². The van der Waals surface area contributed by atoms with Crippen LogP contribution >= 0.6 is 0 Å². The van der Waals surface area contributed by atoms with Crippen molar-refractivity contribution in [3.8, 4) is 11.5 Å². The second-order valence-corrected chi connectivity index (χ2v) is 6.50. The maximum atomic E-state index is 13.0. The minimum atomic E-state index is -0.201. The third kappa shape index (κ3) is 2.79. The summed E-state index contributed by atoms with van der Waals surface area (Å²) in [5.74, 6) is 1.64. The van der Waals surface area contributed by atoms with Gasteiger partial charge in [-0.1, -0.05) is 19.1 Å². The Morgan fingerprint density at radius 3 is 2.92 bits per heavy atom. The maximum Gasteiger partial charge on any atom is 0.257 e. The number of fused-ring (bicyclic) bond motifs is 2. The van der Waals surface area contributed by atoms with Crippen LogP contribution in [0.25, 0.3) is 6.08 Å². The number of carbonyl (C=O) groups excluding carboxylic acids is 1. The molecule has 2 aliphatic heterocycles. The van der Waals surface area contributed by atoms with Gasteiger partial charge in [-0.2, -0.15) is 0 Å². The summed E-state index contributed by atoms with van der Waals surface area (Å²) in [6.07, 6.45) is 2.81. The van der Waals surface area contributed by atoms with Crippen molar-refractivity contribution in [2.75, 3.05) is 25.6 Å². The van der Waals surface area contributed by atoms with Gasteiger partial charge in [0.2, 0.25) is 0 Å². The summed E-state index contributed by atoms with van der Waals surface area (Å²) in [7, 11) is 1.64. The van der Waals surface area contributed by atoms with Gasteiger partial charge in [-0.3, -0.25) is 4.79 Å². The van der Waals surface area contributed by atoms with E-state index in [4.69, 9.17) is 9.47 Å². The van der Waals surface area contributed by atoms with Crippen molar-refractivity contribution in [1.82, 2.24) is 4.90 Å². The monoisotopic (exact) mass is 350 g/mol. The van der Waals surface area contributed by atoms with Crippen molar-refractivity contribution in [2.24, 2.45) is 0 Å². The van der Waals surface area contributed by atoms with E-state index < -0.39 is 0 Å². The van der Waals surface area contributed by atoms with Crippen LogP contribution in [-0.2, 0) is 0 Å². The summed E-state index contributed by atoms with van der Waals surface area (Å²) in [6.45, 7) is 3.21. The van der Waals surface area contributed by atoms with E-state index in [0.29, 0.717) is 13.2 Å². The third-order valence-corrected chi connectivity index (χ3v) is 4.79. The average Bonchev–Trinajstić information content (AvgIpc) is 2.69. The Bertz CT molecular complexity index is 875. The van der Waals surface area contributed by atoms with E-state index >= 15 is 0 Å². The molecule has 0 aromatic heterocycles. The van der Waals surface area contributed by atoms with Crippen molar-refractivity contribution in [3.63, 3.8) is 0 Å². The Morgan fingerprint density at radius 2 is 2.12 bits per heavy atom. The van der Waals surface area contributed by atoms with E-state index in [1.54, 1.807) is 7.11 Å². The zero-order valence-electron chi connectivity index (χ0n) is 15.0. The average molecular weight is 350 g/mol. The number of carbonyl (C=O) groups is 1. The molecule has 0 spiro atoms. The first-order chi connectivity index (χ1) is 12.7. The van der Waals surface area contributed by atoms with Crippen LogP contribution in [-0.4, -0.2) is 37.2 Å². The zero-order valence-corrected chi connectivity index (χ0v) is 15.0. The van der Waals surface area contributed by atoms with Crippen LogP contribution in [0.5, 0.6) is 11.5 Å². The molecular weight excluding hydrogens is 328 g/mol. The molecule has 0 saturated carbocycles. The lowest BCUT2D eigenvalue weighted by molar-refractivity contribution is 0.0703. The Balaban J connectivity index is 1.71. The maximum absolute atomic E-state index is 13.0. The van der Waals surface area contributed by atoms with E-state index in [0.717, 1.165) is 40.3 Å². The third-order valence-electron chi connectivity index (χ3n) is 4.79. The molecule has 2 aliphatic rings. The SMILES string of the molecule is CCCN1C(=O)c2ccccc2N[C@@H]1C1=Cc2ccc(OC)cc2OC1. The first kappa shape index (κ1) is 16.5. The standard InChI is InChI=1S/C21H22N2O3/c1-3-10-23-20(22-18-7-5-4-6-17(18)21(23)24)15-11-14-8-9-16(25-2)12-19(14)26-13-15/h4-9,11-12,20,22H,3,10,13H2,1-2H3/t20-/m0/s1. The summed E-state index contributed by atoms with van der Waals surface area (Å²) in [5.41, 5.74) is 3.63. The number of para-hydroxylation sites is 1. The molecule has 0 bridgehead atoms. The van der Waals surface area contributed by atoms with E-state index in [-0.39, 0.29) is 12.1 Å². The molecule has 1 amide bonds. The van der Waals surface area contributed by atoms with E-state index in [9.17, 15) is 4.79 Å². The number of methoxy groups -OCH3 is 1. The van der Waals surface area contributed by atoms with Gasteiger partial charge in [0.1, 0.15) is 24.3 Å². The highest BCUT2D eigenvalue weighted by molar-refractivity contribution is 6.02. The molecule has 5 nitrogen and oxygen atoms in total. The van der Waals surface area contributed by atoms with Gasteiger partial charge in [0, 0.05) is 29.4 Å². The quantitative estimate of drug-likeness (QED) is 0.912. The number of nitrogens with zero attached hydrogens (tertiary/aromatic N) is 1. The summed E-state index contributed by atoms with van der Waals surface area (Å²) in [5, 5.41) is 3.52. The molecule has 1 atom stereocenters. The molecule has 5 heteroatoms.